The van der Waals surface area contributed by atoms with Gasteiger partial charge < -0.3 is 5.73 Å². The molecule has 0 unspecified atom stereocenters. The lowest BCUT2D eigenvalue weighted by Gasteiger charge is -2.13. The Kier molecular flexibility index (Phi) is 2.30. The fourth-order valence-electron chi connectivity index (χ4n) is 1.74. The minimum absolute atomic E-state index is 0.802. The van der Waals surface area contributed by atoms with E-state index in [9.17, 15) is 0 Å². The number of hydrogen-bond donors (Lipinski definition) is 1. The predicted octanol–water partition coefficient (Wildman–Crippen LogP) is 2.62. The third kappa shape index (κ3) is 1.72. The Morgan fingerprint density at radius 2 is 2.23 bits per heavy atom. The molecule has 1 aromatic heterocycles. The molecule has 1 aliphatic carbocycles. The Bertz CT molecular complexity index is 329. The lowest BCUT2D eigenvalue weighted by Crippen LogP contribution is -1.99. The Morgan fingerprint density at radius 1 is 1.31 bits per heavy atom. The van der Waals surface area contributed by atoms with Crippen LogP contribution in [0, 0.1) is 0 Å². The van der Waals surface area contributed by atoms with E-state index in [2.05, 4.69) is 11.1 Å². The summed E-state index contributed by atoms with van der Waals surface area (Å²) < 4.78 is 0. The maximum atomic E-state index is 5.85. The molecule has 2 N–H and O–H groups in total. The number of nitrogens with two attached hydrogens (primary N) is 1. The highest BCUT2D eigenvalue weighted by Crippen LogP contribution is 2.28. The first kappa shape index (κ1) is 8.30. The number of anilines is 1. The van der Waals surface area contributed by atoms with Crippen molar-refractivity contribution >= 4 is 11.3 Å². The molecular weight excluding hydrogens is 160 g/mol. The molecule has 2 rings (SSSR count). The van der Waals surface area contributed by atoms with Crippen LogP contribution in [0.2, 0.25) is 0 Å². The molecule has 13 heavy (non-hydrogen) atoms. The van der Waals surface area contributed by atoms with E-state index in [-0.39, 0.29) is 0 Å². The molecule has 0 amide bonds. The number of hydrogen-bond acceptors (Lipinski definition) is 2. The molecule has 1 aliphatic rings. The Balaban J connectivity index is 2.34. The largest absolute Gasteiger partial charge is 0.397 e. The number of aromatic nitrogens is 1. The van der Waals surface area contributed by atoms with Crippen LogP contribution in [0.3, 0.4) is 0 Å². The zero-order valence-corrected chi connectivity index (χ0v) is 7.66. The van der Waals surface area contributed by atoms with Crippen molar-refractivity contribution < 1.29 is 0 Å². The second-order valence-electron chi connectivity index (χ2n) is 3.42. The van der Waals surface area contributed by atoms with Gasteiger partial charge in [-0.05, 0) is 43.4 Å². The van der Waals surface area contributed by atoms with Gasteiger partial charge in [0.05, 0.1) is 11.4 Å². The average molecular weight is 174 g/mol. The van der Waals surface area contributed by atoms with E-state index in [1.165, 1.54) is 24.8 Å². The highest BCUT2D eigenvalue weighted by molar-refractivity contribution is 5.72. The number of pyridine rings is 1. The smallest absolute Gasteiger partial charge is 0.0887 e. The third-order valence-corrected chi connectivity index (χ3v) is 2.43. The highest BCUT2D eigenvalue weighted by atomic mass is 14.7. The fraction of sp³-hybridized carbons (Fsp3) is 0.364. The van der Waals surface area contributed by atoms with Crippen molar-refractivity contribution in [1.82, 2.24) is 4.98 Å². The molecule has 0 spiro atoms. The maximum absolute atomic E-state index is 5.85. The normalized spacial score (nSPS) is 16.8. The first-order valence-electron chi connectivity index (χ1n) is 4.78. The van der Waals surface area contributed by atoms with E-state index in [0.717, 1.165) is 17.8 Å². The molecule has 1 heterocycles. The molecular formula is C11H14N2. The number of rotatable bonds is 1. The van der Waals surface area contributed by atoms with Crippen molar-refractivity contribution in [2.75, 3.05) is 5.73 Å². The molecule has 0 atom stereocenters. The van der Waals surface area contributed by atoms with Crippen LogP contribution in [0.4, 0.5) is 5.69 Å². The SMILES string of the molecule is Nc1cccnc1C1=CCCCC1. The minimum atomic E-state index is 0.802. The van der Waals surface area contributed by atoms with Gasteiger partial charge in [0.2, 0.25) is 0 Å². The quantitative estimate of drug-likeness (QED) is 0.710. The summed E-state index contributed by atoms with van der Waals surface area (Å²) in [6.45, 7) is 0. The van der Waals surface area contributed by atoms with Crippen LogP contribution in [0.15, 0.2) is 24.4 Å². The summed E-state index contributed by atoms with van der Waals surface area (Å²) in [7, 11) is 0. The van der Waals surface area contributed by atoms with E-state index >= 15 is 0 Å². The summed E-state index contributed by atoms with van der Waals surface area (Å²) in [5, 5.41) is 0. The van der Waals surface area contributed by atoms with Gasteiger partial charge in [0.15, 0.2) is 0 Å². The van der Waals surface area contributed by atoms with Gasteiger partial charge in [-0.15, -0.1) is 0 Å². The lowest BCUT2D eigenvalue weighted by molar-refractivity contribution is 0.740. The molecule has 2 heteroatoms. The van der Waals surface area contributed by atoms with Gasteiger partial charge in [0, 0.05) is 6.20 Å². The topological polar surface area (TPSA) is 38.9 Å². The van der Waals surface area contributed by atoms with Crippen LogP contribution < -0.4 is 5.73 Å². The van der Waals surface area contributed by atoms with Crippen molar-refractivity contribution in [3.8, 4) is 0 Å². The van der Waals surface area contributed by atoms with Gasteiger partial charge in [-0.1, -0.05) is 6.08 Å². The Hall–Kier alpha value is -1.31. The van der Waals surface area contributed by atoms with Gasteiger partial charge in [-0.2, -0.15) is 0 Å². The van der Waals surface area contributed by atoms with Crippen LogP contribution in [0.5, 0.6) is 0 Å². The molecule has 0 fully saturated rings. The third-order valence-electron chi connectivity index (χ3n) is 2.43. The molecule has 68 valence electrons. The summed E-state index contributed by atoms with van der Waals surface area (Å²) in [5.74, 6) is 0. The lowest BCUT2D eigenvalue weighted by atomic mass is 9.96. The van der Waals surface area contributed by atoms with Crippen LogP contribution >= 0.6 is 0 Å². The van der Waals surface area contributed by atoms with Crippen molar-refractivity contribution in [3.63, 3.8) is 0 Å². The van der Waals surface area contributed by atoms with E-state index in [0.29, 0.717) is 0 Å². The summed E-state index contributed by atoms with van der Waals surface area (Å²) in [6.07, 6.45) is 8.94. The molecule has 0 radical (unpaired) electrons. The summed E-state index contributed by atoms with van der Waals surface area (Å²) in [4.78, 5) is 4.31. The van der Waals surface area contributed by atoms with E-state index in [1.54, 1.807) is 6.20 Å². The first-order chi connectivity index (χ1) is 6.38. The van der Waals surface area contributed by atoms with Crippen molar-refractivity contribution in [3.05, 3.63) is 30.1 Å². The zero-order valence-electron chi connectivity index (χ0n) is 7.66. The molecule has 0 saturated heterocycles. The monoisotopic (exact) mass is 174 g/mol. The minimum Gasteiger partial charge on any atom is -0.397 e. The van der Waals surface area contributed by atoms with Gasteiger partial charge in [0.1, 0.15) is 0 Å². The fourth-order valence-corrected chi connectivity index (χ4v) is 1.74. The van der Waals surface area contributed by atoms with Crippen LogP contribution in [-0.2, 0) is 0 Å². The summed E-state index contributed by atoms with van der Waals surface area (Å²) in [5.41, 5.74) is 8.96. The van der Waals surface area contributed by atoms with E-state index in [1.807, 2.05) is 12.1 Å². The van der Waals surface area contributed by atoms with Gasteiger partial charge >= 0.3 is 0 Å². The van der Waals surface area contributed by atoms with Gasteiger partial charge in [0.25, 0.3) is 0 Å². The second-order valence-corrected chi connectivity index (χ2v) is 3.42. The molecule has 0 aliphatic heterocycles. The van der Waals surface area contributed by atoms with Crippen LogP contribution in [0.25, 0.3) is 5.57 Å². The van der Waals surface area contributed by atoms with E-state index in [4.69, 9.17) is 5.73 Å². The standard InChI is InChI=1S/C11H14N2/c12-10-7-4-8-13-11(10)9-5-2-1-3-6-9/h4-5,7-8H,1-3,6,12H2. The molecule has 0 saturated carbocycles. The number of allylic oxidation sites excluding steroid dienone is 2. The number of nitrogens with zero attached hydrogens (tertiary/aromatic N) is 1. The molecule has 2 nitrogen and oxygen atoms in total. The van der Waals surface area contributed by atoms with Gasteiger partial charge in [-0.3, -0.25) is 4.98 Å². The maximum Gasteiger partial charge on any atom is 0.0887 e. The van der Waals surface area contributed by atoms with Crippen LogP contribution in [0.1, 0.15) is 31.4 Å². The molecule has 1 aromatic rings. The van der Waals surface area contributed by atoms with Crippen LogP contribution in [-0.4, -0.2) is 4.98 Å². The highest BCUT2D eigenvalue weighted by Gasteiger charge is 2.09. The predicted molar refractivity (Wildman–Crippen MR) is 55.1 cm³/mol. The zero-order chi connectivity index (χ0) is 9.10. The van der Waals surface area contributed by atoms with Crippen molar-refractivity contribution in [2.45, 2.75) is 25.7 Å². The molecule has 0 aromatic carbocycles. The second kappa shape index (κ2) is 3.60. The summed E-state index contributed by atoms with van der Waals surface area (Å²) in [6, 6.07) is 3.79. The number of nitrogen functional groups attached to an aromatic ring is 1. The van der Waals surface area contributed by atoms with Crippen molar-refractivity contribution in [1.29, 1.82) is 0 Å². The first-order valence-corrected chi connectivity index (χ1v) is 4.78. The van der Waals surface area contributed by atoms with Crippen molar-refractivity contribution in [2.24, 2.45) is 0 Å². The average Bonchev–Trinajstić information content (AvgIpc) is 2.20. The molecule has 0 bridgehead atoms. The Labute approximate surface area is 78.5 Å². The van der Waals surface area contributed by atoms with Gasteiger partial charge in [-0.25, -0.2) is 0 Å². The summed E-state index contributed by atoms with van der Waals surface area (Å²) >= 11 is 0. The van der Waals surface area contributed by atoms with E-state index < -0.39 is 0 Å². The Morgan fingerprint density at radius 3 is 2.92 bits per heavy atom.